The van der Waals surface area contributed by atoms with Crippen molar-refractivity contribution in [2.75, 3.05) is 40.3 Å². The highest BCUT2D eigenvalue weighted by molar-refractivity contribution is 5.34. The van der Waals surface area contributed by atoms with Gasteiger partial charge in [-0.05, 0) is 68.9 Å². The van der Waals surface area contributed by atoms with Crippen LogP contribution in [0.2, 0.25) is 0 Å². The van der Waals surface area contributed by atoms with E-state index in [0.29, 0.717) is 12.1 Å². The first kappa shape index (κ1) is 29.2. The van der Waals surface area contributed by atoms with Crippen molar-refractivity contribution >= 4 is 11.4 Å². The number of nitrogens with zero attached hydrogens (tertiary/aromatic N) is 4. The molecule has 2 saturated heterocycles. The van der Waals surface area contributed by atoms with Gasteiger partial charge >= 0.3 is 0 Å². The zero-order chi connectivity index (χ0) is 27.9. The molecule has 0 aliphatic carbocycles. The number of quaternary nitrogens is 2. The molecule has 8 nitrogen and oxygen atoms in total. The van der Waals surface area contributed by atoms with Gasteiger partial charge in [0.05, 0.1) is 62.2 Å². The Bertz CT molecular complexity index is 1020. The summed E-state index contributed by atoms with van der Waals surface area (Å²) in [6, 6.07) is 15.5. The second-order valence-electron chi connectivity index (χ2n) is 12.5. The molecule has 0 radical (unpaired) electrons. The molecule has 0 bridgehead atoms. The van der Waals surface area contributed by atoms with Gasteiger partial charge in [0.25, 0.3) is 11.4 Å². The van der Waals surface area contributed by atoms with E-state index in [2.05, 4.69) is 14.1 Å². The lowest BCUT2D eigenvalue weighted by Crippen LogP contribution is -2.57. The average Bonchev–Trinajstić information content (AvgIpc) is 2.92. The highest BCUT2D eigenvalue weighted by Gasteiger charge is 2.36. The maximum Gasteiger partial charge on any atom is 0.269 e. The molecule has 0 N–H and O–H groups in total. The van der Waals surface area contributed by atoms with Gasteiger partial charge in [0.2, 0.25) is 0 Å². The standard InChI is InChI=1S/C31H46N4O4/c1-34(22-8-4-10-30(34)24-26-12-16-28(17-13-26)32(36)37)20-6-3-7-21-35(2)23-9-5-11-31(35)25-27-14-18-29(19-15-27)33(38)39/h12-19,30-31H,3-11,20-25H2,1-2H3/q+2. The zero-order valence-electron chi connectivity index (χ0n) is 23.8. The van der Waals surface area contributed by atoms with E-state index in [1.165, 1.54) is 95.1 Å². The van der Waals surface area contributed by atoms with Gasteiger partial charge in [-0.15, -0.1) is 0 Å². The molecule has 4 rings (SSSR count). The number of non-ortho nitro benzene ring substituents is 2. The van der Waals surface area contributed by atoms with Crippen molar-refractivity contribution in [1.82, 2.24) is 0 Å². The van der Waals surface area contributed by atoms with Gasteiger partial charge in [0, 0.05) is 37.1 Å². The number of benzene rings is 2. The van der Waals surface area contributed by atoms with Crippen molar-refractivity contribution in [2.24, 2.45) is 0 Å². The van der Waals surface area contributed by atoms with Gasteiger partial charge in [0.1, 0.15) is 0 Å². The summed E-state index contributed by atoms with van der Waals surface area (Å²) in [4.78, 5) is 21.4. The van der Waals surface area contributed by atoms with Crippen LogP contribution in [0.15, 0.2) is 48.5 Å². The van der Waals surface area contributed by atoms with Crippen LogP contribution in [-0.4, -0.2) is 71.2 Å². The van der Waals surface area contributed by atoms with Crippen molar-refractivity contribution in [3.8, 4) is 0 Å². The number of likely N-dealkylation sites (tertiary alicyclic amines) is 2. The molecule has 212 valence electrons. The number of hydrogen-bond acceptors (Lipinski definition) is 4. The number of nitro groups is 2. The van der Waals surface area contributed by atoms with E-state index >= 15 is 0 Å². The summed E-state index contributed by atoms with van der Waals surface area (Å²) in [5, 5.41) is 22.0. The highest BCUT2D eigenvalue weighted by atomic mass is 16.6. The molecule has 4 atom stereocenters. The summed E-state index contributed by atoms with van der Waals surface area (Å²) < 4.78 is 2.23. The number of piperidine rings is 2. The molecule has 2 aromatic rings. The number of hydrogen-bond donors (Lipinski definition) is 0. The lowest BCUT2D eigenvalue weighted by molar-refractivity contribution is -0.940. The van der Waals surface area contributed by atoms with E-state index in [-0.39, 0.29) is 21.2 Å². The molecule has 0 saturated carbocycles. The summed E-state index contributed by atoms with van der Waals surface area (Å²) in [7, 11) is 4.85. The highest BCUT2D eigenvalue weighted by Crippen LogP contribution is 2.30. The van der Waals surface area contributed by atoms with Crippen molar-refractivity contribution in [2.45, 2.75) is 82.7 Å². The second kappa shape index (κ2) is 13.0. The van der Waals surface area contributed by atoms with Gasteiger partial charge in [-0.2, -0.15) is 0 Å². The van der Waals surface area contributed by atoms with Crippen molar-refractivity contribution in [1.29, 1.82) is 0 Å². The quantitative estimate of drug-likeness (QED) is 0.134. The van der Waals surface area contributed by atoms with Crippen LogP contribution < -0.4 is 0 Å². The molecule has 2 fully saturated rings. The average molecular weight is 539 g/mol. The van der Waals surface area contributed by atoms with Gasteiger partial charge in [-0.1, -0.05) is 24.3 Å². The molecule has 2 heterocycles. The Balaban J connectivity index is 1.27. The van der Waals surface area contributed by atoms with Gasteiger partial charge in [-0.25, -0.2) is 0 Å². The summed E-state index contributed by atoms with van der Waals surface area (Å²) in [5.74, 6) is 0. The number of likely N-dealkylation sites (N-methyl/N-ethyl adjacent to an activating group) is 2. The van der Waals surface area contributed by atoms with E-state index in [9.17, 15) is 20.2 Å². The molecule has 8 heteroatoms. The SMILES string of the molecule is C[N+]1(CCCCC[N+]2(C)CCCCC2Cc2ccc([N+](=O)[O-])cc2)CCCCC1Cc1ccc([N+](=O)[O-])cc1. The molecule has 39 heavy (non-hydrogen) atoms. The second-order valence-corrected chi connectivity index (χ2v) is 12.5. The smallest absolute Gasteiger partial charge is 0.269 e. The molecule has 2 aliphatic heterocycles. The van der Waals surface area contributed by atoms with Crippen LogP contribution in [0.25, 0.3) is 0 Å². The van der Waals surface area contributed by atoms with E-state index in [1.807, 2.05) is 24.3 Å². The minimum absolute atomic E-state index is 0.166. The van der Waals surface area contributed by atoms with Crippen LogP contribution in [0.1, 0.15) is 68.9 Å². The number of rotatable bonds is 12. The molecule has 2 aliphatic rings. The predicted octanol–water partition coefficient (Wildman–Crippen LogP) is 6.46. The Kier molecular flexibility index (Phi) is 9.72. The fourth-order valence-electron chi connectivity index (χ4n) is 7.10. The van der Waals surface area contributed by atoms with Gasteiger partial charge < -0.3 is 8.97 Å². The Hall–Kier alpha value is -2.84. The molecule has 2 aromatic carbocycles. The summed E-state index contributed by atoms with van der Waals surface area (Å²) in [5.41, 5.74) is 2.75. The minimum Gasteiger partial charge on any atom is -0.323 e. The van der Waals surface area contributed by atoms with Crippen LogP contribution in [0.5, 0.6) is 0 Å². The van der Waals surface area contributed by atoms with Crippen LogP contribution >= 0.6 is 0 Å². The Labute approximate surface area is 233 Å². The Morgan fingerprint density at radius 3 is 1.38 bits per heavy atom. The van der Waals surface area contributed by atoms with E-state index in [4.69, 9.17) is 0 Å². The summed E-state index contributed by atoms with van der Waals surface area (Å²) in [6.45, 7) is 4.85. The van der Waals surface area contributed by atoms with Crippen LogP contribution in [0.3, 0.4) is 0 Å². The monoisotopic (exact) mass is 538 g/mol. The van der Waals surface area contributed by atoms with E-state index in [1.54, 1.807) is 24.3 Å². The molecule has 0 amide bonds. The molecular formula is C31H46N4O4+2. The largest absolute Gasteiger partial charge is 0.323 e. The molecular weight excluding hydrogens is 492 g/mol. The van der Waals surface area contributed by atoms with Crippen molar-refractivity contribution in [3.05, 3.63) is 79.9 Å². The number of nitro benzene ring substituents is 2. The fraction of sp³-hybridized carbons (Fsp3) is 0.613. The van der Waals surface area contributed by atoms with E-state index in [0.717, 1.165) is 21.8 Å². The topological polar surface area (TPSA) is 86.3 Å². The van der Waals surface area contributed by atoms with Gasteiger partial charge in [0.15, 0.2) is 0 Å². The maximum atomic E-state index is 11.0. The third-order valence-electron chi connectivity index (χ3n) is 9.75. The first-order chi connectivity index (χ1) is 18.7. The number of unbranched alkanes of at least 4 members (excludes halogenated alkanes) is 2. The van der Waals surface area contributed by atoms with Gasteiger partial charge in [-0.3, -0.25) is 20.2 Å². The van der Waals surface area contributed by atoms with Crippen LogP contribution in [0.4, 0.5) is 11.4 Å². The molecule has 0 spiro atoms. The Morgan fingerprint density at radius 1 is 0.641 bits per heavy atom. The van der Waals surface area contributed by atoms with E-state index < -0.39 is 0 Å². The van der Waals surface area contributed by atoms with Crippen LogP contribution in [0, 0.1) is 20.2 Å². The first-order valence-corrected chi connectivity index (χ1v) is 14.8. The zero-order valence-corrected chi connectivity index (χ0v) is 23.8. The van der Waals surface area contributed by atoms with Crippen molar-refractivity contribution in [3.63, 3.8) is 0 Å². The third-order valence-corrected chi connectivity index (χ3v) is 9.75. The van der Waals surface area contributed by atoms with Crippen LogP contribution in [-0.2, 0) is 12.8 Å². The lowest BCUT2D eigenvalue weighted by atomic mass is 9.92. The Morgan fingerprint density at radius 2 is 1.03 bits per heavy atom. The normalized spacial score (nSPS) is 27.2. The van der Waals surface area contributed by atoms with Crippen molar-refractivity contribution < 1.29 is 18.8 Å². The predicted molar refractivity (Wildman–Crippen MR) is 155 cm³/mol. The first-order valence-electron chi connectivity index (χ1n) is 14.8. The summed E-state index contributed by atoms with van der Waals surface area (Å²) >= 11 is 0. The summed E-state index contributed by atoms with van der Waals surface area (Å²) in [6.07, 6.45) is 13.3. The molecule has 0 aromatic heterocycles. The third kappa shape index (κ3) is 7.63. The lowest BCUT2D eigenvalue weighted by Gasteiger charge is -2.46. The molecule has 4 unspecified atom stereocenters. The maximum absolute atomic E-state index is 11.0. The fourth-order valence-corrected chi connectivity index (χ4v) is 7.10. The minimum atomic E-state index is -0.324.